The van der Waals surface area contributed by atoms with Crippen molar-refractivity contribution in [3.63, 3.8) is 0 Å². The molecule has 1 unspecified atom stereocenters. The zero-order valence-electron chi connectivity index (χ0n) is 15.2. The Morgan fingerprint density at radius 2 is 1.61 bits per heavy atom. The summed E-state index contributed by atoms with van der Waals surface area (Å²) >= 11 is 0. The summed E-state index contributed by atoms with van der Waals surface area (Å²) in [6.45, 7) is 3.23. The van der Waals surface area contributed by atoms with E-state index in [4.69, 9.17) is 0 Å². The molecule has 0 amide bonds. The van der Waals surface area contributed by atoms with Crippen LogP contribution in [-0.4, -0.2) is 31.1 Å². The molecule has 0 aromatic heterocycles. The Labute approximate surface area is 159 Å². The van der Waals surface area contributed by atoms with Crippen LogP contribution < -0.4 is 5.32 Å². The fraction of sp³-hybridized carbons (Fsp3) is 0.400. The van der Waals surface area contributed by atoms with Gasteiger partial charge in [0.2, 0.25) is 0 Å². The number of alkyl halides is 6. The maximum atomic E-state index is 14.0. The van der Waals surface area contributed by atoms with Gasteiger partial charge in [0.25, 0.3) is 0 Å². The summed E-state index contributed by atoms with van der Waals surface area (Å²) in [6.07, 6.45) is -10.3. The first-order valence-electron chi connectivity index (χ1n) is 8.91. The predicted molar refractivity (Wildman–Crippen MR) is 93.8 cm³/mol. The molecular formula is C20H20F6N2. The van der Waals surface area contributed by atoms with Crippen molar-refractivity contribution in [3.05, 3.63) is 70.8 Å². The van der Waals surface area contributed by atoms with Crippen molar-refractivity contribution in [1.82, 2.24) is 10.2 Å². The molecule has 1 atom stereocenters. The van der Waals surface area contributed by atoms with Gasteiger partial charge in [0.05, 0.1) is 16.7 Å². The maximum absolute atomic E-state index is 14.0. The van der Waals surface area contributed by atoms with E-state index in [0.29, 0.717) is 31.3 Å². The minimum atomic E-state index is -5.15. The average Bonchev–Trinajstić information content (AvgIpc) is 2.66. The molecule has 2 aromatic carbocycles. The van der Waals surface area contributed by atoms with Crippen molar-refractivity contribution in [2.24, 2.45) is 0 Å². The summed E-state index contributed by atoms with van der Waals surface area (Å²) < 4.78 is 82.4. The van der Waals surface area contributed by atoms with Crippen LogP contribution in [-0.2, 0) is 17.9 Å². The minimum absolute atomic E-state index is 0.0786. The molecule has 1 saturated heterocycles. The van der Waals surface area contributed by atoms with E-state index in [0.717, 1.165) is 6.07 Å². The topological polar surface area (TPSA) is 15.3 Å². The van der Waals surface area contributed by atoms with Gasteiger partial charge in [0.15, 0.2) is 0 Å². The first kappa shape index (κ1) is 20.7. The zero-order valence-corrected chi connectivity index (χ0v) is 15.2. The van der Waals surface area contributed by atoms with E-state index in [-0.39, 0.29) is 12.1 Å². The molecule has 0 radical (unpaired) electrons. The quantitative estimate of drug-likeness (QED) is 0.736. The van der Waals surface area contributed by atoms with Gasteiger partial charge < -0.3 is 5.32 Å². The molecule has 28 heavy (non-hydrogen) atoms. The van der Waals surface area contributed by atoms with E-state index < -0.39 is 29.0 Å². The summed E-state index contributed by atoms with van der Waals surface area (Å²) in [5, 5.41) is 3.08. The largest absolute Gasteiger partial charge is 0.417 e. The summed E-state index contributed by atoms with van der Waals surface area (Å²) in [7, 11) is 0. The van der Waals surface area contributed by atoms with E-state index >= 15 is 0 Å². The highest BCUT2D eigenvalue weighted by Crippen LogP contribution is 2.48. The second kappa shape index (κ2) is 7.40. The number of halogens is 6. The van der Waals surface area contributed by atoms with Gasteiger partial charge in [0.1, 0.15) is 0 Å². The third-order valence-corrected chi connectivity index (χ3v) is 5.21. The molecule has 0 aliphatic carbocycles. The molecule has 1 aliphatic heterocycles. The fourth-order valence-electron chi connectivity index (χ4n) is 4.07. The smallest absolute Gasteiger partial charge is 0.313 e. The van der Waals surface area contributed by atoms with Gasteiger partial charge >= 0.3 is 12.4 Å². The second-order valence-corrected chi connectivity index (χ2v) is 6.71. The van der Waals surface area contributed by atoms with E-state index in [2.05, 4.69) is 5.32 Å². The van der Waals surface area contributed by atoms with Crippen LogP contribution in [0.5, 0.6) is 0 Å². The SMILES string of the molecule is CCN1CCNCC1(c1ccccc1)c1cccc(C(F)(F)F)c1C(F)(F)F. The second-order valence-electron chi connectivity index (χ2n) is 6.71. The van der Waals surface area contributed by atoms with Gasteiger partial charge in [0, 0.05) is 19.6 Å². The first-order chi connectivity index (χ1) is 13.1. The Kier molecular flexibility index (Phi) is 5.46. The van der Waals surface area contributed by atoms with Crippen molar-refractivity contribution >= 4 is 0 Å². The van der Waals surface area contributed by atoms with Crippen LogP contribution in [0.25, 0.3) is 0 Å². The summed E-state index contributed by atoms with van der Waals surface area (Å²) in [4.78, 5) is 1.81. The van der Waals surface area contributed by atoms with Crippen molar-refractivity contribution in [3.8, 4) is 0 Å². The van der Waals surface area contributed by atoms with Crippen LogP contribution in [0.15, 0.2) is 48.5 Å². The molecule has 0 spiro atoms. The number of nitrogens with zero attached hydrogens (tertiary/aromatic N) is 1. The van der Waals surface area contributed by atoms with Crippen LogP contribution in [0.2, 0.25) is 0 Å². The number of rotatable bonds is 3. The van der Waals surface area contributed by atoms with E-state index in [1.165, 1.54) is 6.07 Å². The molecule has 2 nitrogen and oxygen atoms in total. The molecular weight excluding hydrogens is 382 g/mol. The molecule has 8 heteroatoms. The van der Waals surface area contributed by atoms with Crippen LogP contribution in [0.4, 0.5) is 26.3 Å². The Bertz CT molecular complexity index is 816. The van der Waals surface area contributed by atoms with Gasteiger partial charge in [-0.25, -0.2) is 0 Å². The van der Waals surface area contributed by atoms with Crippen molar-refractivity contribution < 1.29 is 26.3 Å². The monoisotopic (exact) mass is 402 g/mol. The number of piperazine rings is 1. The molecule has 1 aliphatic rings. The van der Waals surface area contributed by atoms with Crippen LogP contribution in [0.3, 0.4) is 0 Å². The third kappa shape index (κ3) is 3.51. The predicted octanol–water partition coefficient (Wildman–Crippen LogP) is 4.89. The lowest BCUT2D eigenvalue weighted by Gasteiger charge is -2.49. The van der Waals surface area contributed by atoms with Crippen LogP contribution in [0, 0.1) is 0 Å². The van der Waals surface area contributed by atoms with E-state index in [9.17, 15) is 26.3 Å². The third-order valence-electron chi connectivity index (χ3n) is 5.21. The van der Waals surface area contributed by atoms with E-state index in [1.807, 2.05) is 4.90 Å². The number of hydrogen-bond donors (Lipinski definition) is 1. The van der Waals surface area contributed by atoms with Crippen molar-refractivity contribution in [2.45, 2.75) is 24.8 Å². The lowest BCUT2D eigenvalue weighted by atomic mass is 9.76. The first-order valence-corrected chi connectivity index (χ1v) is 8.91. The zero-order chi connectivity index (χ0) is 20.6. The number of nitrogens with one attached hydrogen (secondary N) is 1. The standard InChI is InChI=1S/C20H20F6N2/c1-2-28-12-11-27-13-18(28,14-7-4-3-5-8-14)15-9-6-10-16(19(21,22)23)17(15)20(24,25)26/h3-10,27H,2,11-13H2,1H3. The number of benzene rings is 2. The van der Waals surface area contributed by atoms with Gasteiger partial charge in [-0.2, -0.15) is 26.3 Å². The van der Waals surface area contributed by atoms with Gasteiger partial charge in [-0.05, 0) is 23.7 Å². The molecule has 152 valence electrons. The van der Waals surface area contributed by atoms with E-state index in [1.54, 1.807) is 37.3 Å². The lowest BCUT2D eigenvalue weighted by molar-refractivity contribution is -0.163. The summed E-state index contributed by atoms with van der Waals surface area (Å²) in [6, 6.07) is 11.1. The lowest BCUT2D eigenvalue weighted by Crippen LogP contribution is -2.60. The Balaban J connectivity index is 2.40. The summed E-state index contributed by atoms with van der Waals surface area (Å²) in [5.41, 5.74) is -4.49. The Hall–Kier alpha value is -2.06. The highest BCUT2D eigenvalue weighted by Gasteiger charge is 2.51. The Morgan fingerprint density at radius 3 is 2.18 bits per heavy atom. The molecule has 0 bridgehead atoms. The van der Waals surface area contributed by atoms with Gasteiger partial charge in [-0.15, -0.1) is 0 Å². The molecule has 0 saturated carbocycles. The van der Waals surface area contributed by atoms with Crippen molar-refractivity contribution in [2.75, 3.05) is 26.2 Å². The number of likely N-dealkylation sites (N-methyl/N-ethyl adjacent to an activating group) is 1. The fourth-order valence-corrected chi connectivity index (χ4v) is 4.07. The Morgan fingerprint density at radius 1 is 0.929 bits per heavy atom. The van der Waals surface area contributed by atoms with Gasteiger partial charge in [-0.3, -0.25) is 4.90 Å². The highest BCUT2D eigenvalue weighted by atomic mass is 19.4. The molecule has 2 aromatic rings. The average molecular weight is 402 g/mol. The molecule has 1 fully saturated rings. The maximum Gasteiger partial charge on any atom is 0.417 e. The van der Waals surface area contributed by atoms with Crippen LogP contribution in [0.1, 0.15) is 29.2 Å². The number of hydrogen-bond acceptors (Lipinski definition) is 2. The normalized spacial score (nSPS) is 21.7. The molecule has 1 heterocycles. The van der Waals surface area contributed by atoms with Crippen LogP contribution >= 0.6 is 0 Å². The minimum Gasteiger partial charge on any atom is -0.313 e. The molecule has 3 rings (SSSR count). The van der Waals surface area contributed by atoms with Gasteiger partial charge in [-0.1, -0.05) is 49.4 Å². The van der Waals surface area contributed by atoms with Crippen molar-refractivity contribution in [1.29, 1.82) is 0 Å². The summed E-state index contributed by atoms with van der Waals surface area (Å²) in [5.74, 6) is 0. The highest BCUT2D eigenvalue weighted by molar-refractivity contribution is 5.49. The molecule has 1 N–H and O–H groups in total.